The van der Waals surface area contributed by atoms with Gasteiger partial charge >= 0.3 is 5.97 Å². The van der Waals surface area contributed by atoms with Crippen molar-refractivity contribution in [2.75, 3.05) is 39.1 Å². The third kappa shape index (κ3) is 14.2. The Labute approximate surface area is 288 Å². The Morgan fingerprint density at radius 2 is 1.86 bits per heavy atom. The van der Waals surface area contributed by atoms with E-state index in [4.69, 9.17) is 23.5 Å². The Kier molecular flexibility index (Phi) is 19.1. The lowest BCUT2D eigenvalue weighted by atomic mass is 9.99. The second kappa shape index (κ2) is 22.4. The predicted molar refractivity (Wildman–Crippen MR) is 173 cm³/mol. The van der Waals surface area contributed by atoms with Crippen LogP contribution >= 0.6 is 12.0 Å². The first-order valence-electron chi connectivity index (χ1n) is 15.8. The molecule has 1 fully saturated rings. The van der Waals surface area contributed by atoms with Crippen LogP contribution in [0.1, 0.15) is 43.7 Å². The molecular weight excluding hydrogens is 670 g/mol. The lowest BCUT2D eigenvalue weighted by molar-refractivity contribution is -0.271. The summed E-state index contributed by atoms with van der Waals surface area (Å²) in [6.45, 7) is 2.52. The Hall–Kier alpha value is -3.36. The standard InChI is InChI=1S/C31H47N3O14S/c1-3-24(37)33-21(15-35)13-22(17-45-10-11-49-44)34(2)14-25(38)32-9-5-4-6-19-7-8-20(16-46-18-36)23(12-19)47-31-28(41)26(39)27(40)29(48-31)30(42)43/h7-8,12,15,18,21-22,26-29,31,39-41,44H,3-6,9-11,13-14,16-17H2,1-2H3,(H,32,38)(H,33,37)(H,42,43)/t21-,22-,26?,27-,28+,29?,31?/m0/s1. The van der Waals surface area contributed by atoms with Crippen molar-refractivity contribution in [2.45, 2.75) is 88.4 Å². The monoisotopic (exact) mass is 717 g/mol. The van der Waals surface area contributed by atoms with Crippen LogP contribution in [-0.2, 0) is 51.2 Å². The number of hydrogen-bond acceptors (Lipinski definition) is 15. The van der Waals surface area contributed by atoms with E-state index in [-0.39, 0.29) is 69.3 Å². The number of nitrogens with zero attached hydrogens (tertiary/aromatic N) is 1. The number of amides is 2. The summed E-state index contributed by atoms with van der Waals surface area (Å²) in [5.74, 6) is -1.63. The van der Waals surface area contributed by atoms with Gasteiger partial charge in [-0.15, -0.1) is 0 Å². The van der Waals surface area contributed by atoms with Gasteiger partial charge in [0.05, 0.1) is 25.8 Å². The number of likely N-dealkylation sites (N-methyl/N-ethyl adjacent to an activating group) is 1. The molecule has 0 aromatic heterocycles. The fraction of sp³-hybridized carbons (Fsp3) is 0.645. The van der Waals surface area contributed by atoms with E-state index in [2.05, 4.69) is 10.6 Å². The number of aryl methyl sites for hydroxylation is 1. The number of benzene rings is 1. The maximum atomic E-state index is 12.7. The normalized spacial score (nSPS) is 21.7. The van der Waals surface area contributed by atoms with Gasteiger partial charge in [0.2, 0.25) is 18.1 Å². The molecule has 3 unspecified atom stereocenters. The highest BCUT2D eigenvalue weighted by Gasteiger charge is 2.48. The molecule has 0 spiro atoms. The van der Waals surface area contributed by atoms with Gasteiger partial charge in [-0.3, -0.25) is 19.3 Å². The molecule has 1 aliphatic rings. The van der Waals surface area contributed by atoms with E-state index in [0.717, 1.165) is 5.56 Å². The van der Waals surface area contributed by atoms with Crippen molar-refractivity contribution in [1.82, 2.24) is 15.5 Å². The zero-order valence-electron chi connectivity index (χ0n) is 27.5. The van der Waals surface area contributed by atoms with Gasteiger partial charge in [0.15, 0.2) is 6.10 Å². The maximum Gasteiger partial charge on any atom is 0.335 e. The van der Waals surface area contributed by atoms with E-state index in [9.17, 15) is 44.4 Å². The Bertz CT molecular complexity index is 1210. The highest BCUT2D eigenvalue weighted by Crippen LogP contribution is 2.28. The highest BCUT2D eigenvalue weighted by molar-refractivity contribution is 7.93. The number of hydrogen-bond donors (Lipinski definition) is 7. The first-order chi connectivity index (χ1) is 23.4. The number of aliphatic hydroxyl groups is 3. The summed E-state index contributed by atoms with van der Waals surface area (Å²) in [6.07, 6.45) is -6.18. The fourth-order valence-corrected chi connectivity index (χ4v) is 5.11. The SMILES string of the molecule is CCC(=O)N[C@H](C=O)C[C@@H](COCCSO)N(C)CC(=O)NCCCCc1ccc(COC=O)c(OC2OC(C(=O)O)[C@@H](O)C(O)[C@H]2O)c1. The van der Waals surface area contributed by atoms with Crippen molar-refractivity contribution in [1.29, 1.82) is 0 Å². The molecule has 1 aromatic carbocycles. The molecule has 18 heteroatoms. The Balaban J connectivity index is 1.94. The number of aliphatic hydroxyl groups excluding tert-OH is 3. The molecule has 2 rings (SSSR count). The topological polar surface area (TPSA) is 251 Å². The van der Waals surface area contributed by atoms with Crippen LogP contribution in [0.4, 0.5) is 0 Å². The number of carboxylic acid groups (broad SMARTS) is 1. The highest BCUT2D eigenvalue weighted by atomic mass is 32.2. The second-order valence-electron chi connectivity index (χ2n) is 11.4. The molecule has 0 bridgehead atoms. The molecular formula is C31H47N3O14S. The van der Waals surface area contributed by atoms with Crippen LogP contribution in [0, 0.1) is 0 Å². The first-order valence-corrected chi connectivity index (χ1v) is 16.7. The predicted octanol–water partition coefficient (Wildman–Crippen LogP) is -0.923. The number of carboxylic acids is 1. The maximum absolute atomic E-state index is 12.7. The van der Waals surface area contributed by atoms with E-state index < -0.39 is 42.7 Å². The molecule has 276 valence electrons. The van der Waals surface area contributed by atoms with Crippen molar-refractivity contribution in [2.24, 2.45) is 0 Å². The molecule has 1 aromatic rings. The van der Waals surface area contributed by atoms with Gasteiger partial charge in [0.25, 0.3) is 6.47 Å². The number of ether oxygens (including phenoxy) is 4. The number of carbonyl (C=O) groups excluding carboxylic acids is 4. The molecule has 0 aliphatic carbocycles. The second-order valence-corrected chi connectivity index (χ2v) is 12.1. The summed E-state index contributed by atoms with van der Waals surface area (Å²) >= 11 is 0.639. The van der Waals surface area contributed by atoms with E-state index in [1.54, 1.807) is 37.1 Å². The molecule has 49 heavy (non-hydrogen) atoms. The molecule has 1 heterocycles. The van der Waals surface area contributed by atoms with E-state index in [1.807, 2.05) is 0 Å². The molecule has 7 atom stereocenters. The number of rotatable bonds is 24. The summed E-state index contributed by atoms with van der Waals surface area (Å²) < 4.78 is 30.3. The molecule has 17 nitrogen and oxygen atoms in total. The zero-order chi connectivity index (χ0) is 36.3. The molecule has 1 aliphatic heterocycles. The molecule has 7 N–H and O–H groups in total. The van der Waals surface area contributed by atoms with Gasteiger partial charge in [-0.05, 0) is 56.4 Å². The number of unbranched alkanes of at least 4 members (excludes halogenated alkanes) is 1. The van der Waals surface area contributed by atoms with Crippen molar-refractivity contribution in [3.63, 3.8) is 0 Å². The van der Waals surface area contributed by atoms with E-state index in [0.29, 0.717) is 55.5 Å². The van der Waals surface area contributed by atoms with Gasteiger partial charge in [-0.25, -0.2) is 4.79 Å². The summed E-state index contributed by atoms with van der Waals surface area (Å²) in [4.78, 5) is 60.1. The lowest BCUT2D eigenvalue weighted by Crippen LogP contribution is -2.61. The Morgan fingerprint density at radius 3 is 2.51 bits per heavy atom. The third-order valence-electron chi connectivity index (χ3n) is 7.71. The average Bonchev–Trinajstić information content (AvgIpc) is 3.08. The Morgan fingerprint density at radius 1 is 1.10 bits per heavy atom. The minimum Gasteiger partial charge on any atom is -0.479 e. The summed E-state index contributed by atoms with van der Waals surface area (Å²) in [5, 5.41) is 45.3. The van der Waals surface area contributed by atoms with Gasteiger partial charge in [0.1, 0.15) is 37.0 Å². The average molecular weight is 718 g/mol. The summed E-state index contributed by atoms with van der Waals surface area (Å²) in [7, 11) is 1.71. The third-order valence-corrected chi connectivity index (χ3v) is 8.06. The van der Waals surface area contributed by atoms with Gasteiger partial charge in [-0.1, -0.05) is 19.1 Å². The first kappa shape index (κ1) is 41.8. The minimum absolute atomic E-state index is 0.00461. The van der Waals surface area contributed by atoms with Gasteiger partial charge in [-0.2, -0.15) is 0 Å². The minimum atomic E-state index is -1.89. The van der Waals surface area contributed by atoms with Gasteiger partial charge in [0, 0.05) is 30.3 Å². The van der Waals surface area contributed by atoms with Crippen molar-refractivity contribution in [3.05, 3.63) is 29.3 Å². The van der Waals surface area contributed by atoms with Crippen LogP contribution in [0.5, 0.6) is 5.75 Å². The largest absolute Gasteiger partial charge is 0.479 e. The molecule has 0 radical (unpaired) electrons. The number of aldehydes is 1. The quantitative estimate of drug-likeness (QED) is 0.0388. The van der Waals surface area contributed by atoms with Crippen molar-refractivity contribution in [3.8, 4) is 5.75 Å². The van der Waals surface area contributed by atoms with Crippen molar-refractivity contribution < 1.29 is 67.9 Å². The number of carbonyl (C=O) groups is 5. The number of nitrogens with one attached hydrogen (secondary N) is 2. The van der Waals surface area contributed by atoms with Gasteiger partial charge < -0.3 is 59.4 Å². The van der Waals surface area contributed by atoms with Crippen LogP contribution in [0.3, 0.4) is 0 Å². The lowest BCUT2D eigenvalue weighted by Gasteiger charge is -2.38. The fourth-order valence-electron chi connectivity index (χ4n) is 4.92. The van der Waals surface area contributed by atoms with E-state index in [1.165, 1.54) is 0 Å². The van der Waals surface area contributed by atoms with Crippen LogP contribution in [-0.4, -0.2) is 142 Å². The van der Waals surface area contributed by atoms with Crippen LogP contribution < -0.4 is 15.4 Å². The zero-order valence-corrected chi connectivity index (χ0v) is 28.3. The molecule has 2 amide bonds. The number of aliphatic carboxylic acids is 1. The molecule has 1 saturated heterocycles. The molecule has 0 saturated carbocycles. The van der Waals surface area contributed by atoms with Crippen LogP contribution in [0.25, 0.3) is 0 Å². The smallest absolute Gasteiger partial charge is 0.335 e. The summed E-state index contributed by atoms with van der Waals surface area (Å²) in [6, 6.07) is 3.85. The van der Waals surface area contributed by atoms with Crippen molar-refractivity contribution >= 4 is 42.6 Å². The summed E-state index contributed by atoms with van der Waals surface area (Å²) in [5.41, 5.74) is 1.14. The van der Waals surface area contributed by atoms with Crippen LogP contribution in [0.15, 0.2) is 18.2 Å². The van der Waals surface area contributed by atoms with Crippen LogP contribution in [0.2, 0.25) is 0 Å². The van der Waals surface area contributed by atoms with E-state index >= 15 is 0 Å².